The van der Waals surface area contributed by atoms with Crippen molar-refractivity contribution in [1.82, 2.24) is 21.1 Å². The van der Waals surface area contributed by atoms with E-state index in [0.29, 0.717) is 54.6 Å². The van der Waals surface area contributed by atoms with E-state index < -0.39 is 5.97 Å². The van der Waals surface area contributed by atoms with Crippen molar-refractivity contribution >= 4 is 35.0 Å². The van der Waals surface area contributed by atoms with Crippen LogP contribution in [0.4, 0.5) is 23.1 Å². The molecule has 0 saturated carbocycles. The summed E-state index contributed by atoms with van der Waals surface area (Å²) in [4.78, 5) is 37.4. The van der Waals surface area contributed by atoms with Crippen molar-refractivity contribution in [3.63, 3.8) is 0 Å². The van der Waals surface area contributed by atoms with Crippen molar-refractivity contribution in [1.29, 1.82) is 5.26 Å². The number of anilines is 4. The summed E-state index contributed by atoms with van der Waals surface area (Å²) >= 11 is 0. The number of pyridine rings is 1. The molecule has 1 aliphatic heterocycles. The average Bonchev–Trinajstić information content (AvgIpc) is 2.85. The predicted octanol–water partition coefficient (Wildman–Crippen LogP) is 3.58. The summed E-state index contributed by atoms with van der Waals surface area (Å²) in [7, 11) is 0. The number of rotatable bonds is 6. The molecule has 2 aromatic heterocycles. The molecular weight excluding hydrogens is 448 g/mol. The van der Waals surface area contributed by atoms with E-state index >= 15 is 0 Å². The Morgan fingerprint density at radius 2 is 1.91 bits per heavy atom. The van der Waals surface area contributed by atoms with E-state index in [2.05, 4.69) is 36.6 Å². The smallest absolute Gasteiger partial charge is 0.306 e. The van der Waals surface area contributed by atoms with Gasteiger partial charge in [-0.3, -0.25) is 9.59 Å². The SMILES string of the molecule is CC(=O)Nc1ccc(Nc2nccc(-c3ccc(N4CCC(C(=O)O)CC4)c(C#N)c3)n2)cn1.N. The molecule has 11 heteroatoms. The minimum atomic E-state index is -0.761. The van der Waals surface area contributed by atoms with E-state index in [-0.39, 0.29) is 18.0 Å². The number of benzene rings is 1. The van der Waals surface area contributed by atoms with Crippen molar-refractivity contribution in [2.75, 3.05) is 28.6 Å². The summed E-state index contributed by atoms with van der Waals surface area (Å²) in [6, 6.07) is 13.0. The molecule has 3 aromatic rings. The standard InChI is InChI=1S/C24H23N7O3.H3N/c1-15(32)28-22-5-3-19(14-27-22)29-24-26-9-6-20(30-24)17-2-4-21(18(12-17)13-25)31-10-7-16(8-11-31)23(33)34;/h2-6,9,12,14,16H,7-8,10-11H2,1H3,(H,33,34)(H,26,29,30)(H,27,28,32);1H3. The molecule has 1 amide bonds. The third-order valence-electron chi connectivity index (χ3n) is 5.58. The Bertz CT molecular complexity index is 1250. The summed E-state index contributed by atoms with van der Waals surface area (Å²) in [5.41, 5.74) is 3.38. The average molecular weight is 475 g/mol. The first kappa shape index (κ1) is 25.1. The number of nitrogens with zero attached hydrogens (tertiary/aromatic N) is 5. The van der Waals surface area contributed by atoms with Gasteiger partial charge < -0.3 is 26.8 Å². The van der Waals surface area contributed by atoms with Crippen LogP contribution in [0.1, 0.15) is 25.3 Å². The van der Waals surface area contributed by atoms with Gasteiger partial charge in [-0.2, -0.15) is 5.26 Å². The maximum atomic E-state index is 11.2. The normalized spacial score (nSPS) is 13.3. The van der Waals surface area contributed by atoms with Crippen molar-refractivity contribution in [3.05, 3.63) is 54.4 Å². The highest BCUT2D eigenvalue weighted by molar-refractivity contribution is 5.87. The zero-order valence-electron chi connectivity index (χ0n) is 19.2. The van der Waals surface area contributed by atoms with E-state index in [1.165, 1.54) is 6.92 Å². The summed E-state index contributed by atoms with van der Waals surface area (Å²) < 4.78 is 0. The van der Waals surface area contributed by atoms with Gasteiger partial charge in [0.25, 0.3) is 0 Å². The number of carbonyl (C=O) groups is 2. The third-order valence-corrected chi connectivity index (χ3v) is 5.58. The van der Waals surface area contributed by atoms with Crippen LogP contribution in [-0.4, -0.2) is 45.0 Å². The molecule has 11 nitrogen and oxygen atoms in total. The number of aromatic nitrogens is 3. The van der Waals surface area contributed by atoms with Gasteiger partial charge >= 0.3 is 5.97 Å². The summed E-state index contributed by atoms with van der Waals surface area (Å²) in [6.07, 6.45) is 4.31. The van der Waals surface area contributed by atoms with Crippen LogP contribution >= 0.6 is 0 Å². The number of piperidine rings is 1. The Morgan fingerprint density at radius 1 is 1.14 bits per heavy atom. The van der Waals surface area contributed by atoms with Crippen LogP contribution in [0.5, 0.6) is 0 Å². The third kappa shape index (κ3) is 6.07. The van der Waals surface area contributed by atoms with Crippen LogP contribution in [0, 0.1) is 17.2 Å². The number of nitriles is 1. The summed E-state index contributed by atoms with van der Waals surface area (Å²) in [6.45, 7) is 2.61. The maximum Gasteiger partial charge on any atom is 0.306 e. The number of carboxylic acid groups (broad SMARTS) is 1. The van der Waals surface area contributed by atoms with Crippen molar-refractivity contribution in [2.45, 2.75) is 19.8 Å². The number of amides is 1. The van der Waals surface area contributed by atoms with Gasteiger partial charge in [-0.25, -0.2) is 15.0 Å². The Kier molecular flexibility index (Phi) is 7.91. The van der Waals surface area contributed by atoms with E-state index in [4.69, 9.17) is 0 Å². The van der Waals surface area contributed by atoms with Gasteiger partial charge in [-0.05, 0) is 43.2 Å². The minimum Gasteiger partial charge on any atom is -0.481 e. The van der Waals surface area contributed by atoms with Crippen molar-refractivity contribution in [3.8, 4) is 17.3 Å². The molecule has 0 spiro atoms. The molecule has 0 radical (unpaired) electrons. The van der Waals surface area contributed by atoms with E-state index in [9.17, 15) is 20.0 Å². The first-order chi connectivity index (χ1) is 16.4. The molecule has 1 aliphatic rings. The molecular formula is C24H26N8O3. The lowest BCUT2D eigenvalue weighted by atomic mass is 9.96. The van der Waals surface area contributed by atoms with Gasteiger partial charge in [0.2, 0.25) is 11.9 Å². The number of carboxylic acids is 1. The summed E-state index contributed by atoms with van der Waals surface area (Å²) in [5.74, 6) is -0.474. The van der Waals surface area contributed by atoms with E-state index in [0.717, 1.165) is 11.3 Å². The predicted molar refractivity (Wildman–Crippen MR) is 132 cm³/mol. The molecule has 0 bridgehead atoms. The topological polar surface area (TPSA) is 179 Å². The number of aliphatic carboxylic acids is 1. The van der Waals surface area contributed by atoms with Gasteiger partial charge in [0.1, 0.15) is 11.9 Å². The number of carbonyl (C=O) groups excluding carboxylic acids is 1. The lowest BCUT2D eigenvalue weighted by molar-refractivity contribution is -0.142. The highest BCUT2D eigenvalue weighted by Gasteiger charge is 2.25. The lowest BCUT2D eigenvalue weighted by Gasteiger charge is -2.32. The van der Waals surface area contributed by atoms with Gasteiger partial charge in [0, 0.05) is 31.8 Å². The molecule has 1 aromatic carbocycles. The highest BCUT2D eigenvalue weighted by atomic mass is 16.4. The second-order valence-corrected chi connectivity index (χ2v) is 7.95. The first-order valence-electron chi connectivity index (χ1n) is 10.8. The quantitative estimate of drug-likeness (QED) is 0.412. The Morgan fingerprint density at radius 3 is 2.54 bits per heavy atom. The molecule has 0 unspecified atom stereocenters. The second-order valence-electron chi connectivity index (χ2n) is 7.95. The zero-order chi connectivity index (χ0) is 24.1. The maximum absolute atomic E-state index is 11.2. The zero-order valence-corrected chi connectivity index (χ0v) is 19.2. The van der Waals surface area contributed by atoms with Gasteiger partial charge in [-0.1, -0.05) is 6.07 Å². The molecule has 6 N–H and O–H groups in total. The molecule has 180 valence electrons. The van der Waals surface area contributed by atoms with Crippen LogP contribution < -0.4 is 21.7 Å². The Labute approximate surface area is 202 Å². The van der Waals surface area contributed by atoms with Crippen LogP contribution in [0.2, 0.25) is 0 Å². The van der Waals surface area contributed by atoms with Gasteiger partial charge in [0.15, 0.2) is 0 Å². The molecule has 0 aliphatic carbocycles. The van der Waals surface area contributed by atoms with Crippen LogP contribution in [0.3, 0.4) is 0 Å². The molecule has 1 saturated heterocycles. The minimum absolute atomic E-state index is 0. The fourth-order valence-electron chi connectivity index (χ4n) is 3.86. The van der Waals surface area contributed by atoms with Gasteiger partial charge in [-0.15, -0.1) is 0 Å². The molecule has 35 heavy (non-hydrogen) atoms. The van der Waals surface area contributed by atoms with Crippen LogP contribution in [0.25, 0.3) is 11.3 Å². The Hall–Kier alpha value is -4.56. The van der Waals surface area contributed by atoms with E-state index in [1.807, 2.05) is 12.1 Å². The fourth-order valence-corrected chi connectivity index (χ4v) is 3.86. The number of hydrogen-bond donors (Lipinski definition) is 4. The van der Waals surface area contributed by atoms with Crippen LogP contribution in [-0.2, 0) is 9.59 Å². The molecule has 1 fully saturated rings. The fraction of sp³-hybridized carbons (Fsp3) is 0.250. The molecule has 3 heterocycles. The largest absolute Gasteiger partial charge is 0.481 e. The van der Waals surface area contributed by atoms with Crippen LogP contribution in [0.15, 0.2) is 48.8 Å². The summed E-state index contributed by atoms with van der Waals surface area (Å²) in [5, 5.41) is 24.6. The van der Waals surface area contributed by atoms with Gasteiger partial charge in [0.05, 0.1) is 34.7 Å². The number of hydrogen-bond acceptors (Lipinski definition) is 9. The van der Waals surface area contributed by atoms with E-state index in [1.54, 1.807) is 36.7 Å². The molecule has 0 atom stereocenters. The molecule has 4 rings (SSSR count). The number of nitrogens with one attached hydrogen (secondary N) is 2. The van der Waals surface area contributed by atoms with Crippen molar-refractivity contribution in [2.24, 2.45) is 5.92 Å². The highest BCUT2D eigenvalue weighted by Crippen LogP contribution is 2.30. The lowest BCUT2D eigenvalue weighted by Crippen LogP contribution is -2.36. The Balaban J connectivity index is 0.00000342. The first-order valence-corrected chi connectivity index (χ1v) is 10.8. The van der Waals surface area contributed by atoms with Crippen molar-refractivity contribution < 1.29 is 14.7 Å². The second kappa shape index (κ2) is 11.0. The monoisotopic (exact) mass is 474 g/mol.